The van der Waals surface area contributed by atoms with Crippen molar-refractivity contribution in [1.29, 1.82) is 0 Å². The van der Waals surface area contributed by atoms with Crippen LogP contribution in [0.5, 0.6) is 0 Å². The van der Waals surface area contributed by atoms with Crippen LogP contribution in [0.15, 0.2) is 48.5 Å². The molecule has 0 fully saturated rings. The van der Waals surface area contributed by atoms with Crippen LogP contribution >= 0.6 is 11.6 Å². The van der Waals surface area contributed by atoms with E-state index in [-0.39, 0.29) is 17.1 Å². The highest BCUT2D eigenvalue weighted by Gasteiger charge is 2.27. The van der Waals surface area contributed by atoms with Crippen molar-refractivity contribution in [1.82, 2.24) is 0 Å². The van der Waals surface area contributed by atoms with Crippen LogP contribution < -0.4 is 4.90 Å². The van der Waals surface area contributed by atoms with Crippen LogP contribution in [0.2, 0.25) is 0 Å². The molecule has 3 rings (SSSR count). The molecule has 1 aliphatic rings. The third kappa shape index (κ3) is 2.45. The van der Waals surface area contributed by atoms with Crippen LogP contribution in [0.4, 0.5) is 5.69 Å². The van der Waals surface area contributed by atoms with Gasteiger partial charge >= 0.3 is 0 Å². The summed E-state index contributed by atoms with van der Waals surface area (Å²) in [5.41, 5.74) is 3.47. The molecular formula is C17H14ClNO2. The van der Waals surface area contributed by atoms with Gasteiger partial charge in [-0.25, -0.2) is 0 Å². The average Bonchev–Trinajstić information content (AvgIpc) is 2.84. The average molecular weight is 300 g/mol. The molecule has 4 heteroatoms. The zero-order chi connectivity index (χ0) is 15.0. The van der Waals surface area contributed by atoms with Crippen LogP contribution in [0.25, 0.3) is 0 Å². The molecule has 0 aromatic heterocycles. The Balaban J connectivity index is 1.87. The fraction of sp³-hybridized carbons (Fsp3) is 0.176. The van der Waals surface area contributed by atoms with Crippen LogP contribution in [-0.2, 0) is 11.3 Å². The lowest BCUT2D eigenvalue weighted by molar-refractivity contribution is -0.112. The first-order valence-electron chi connectivity index (χ1n) is 6.77. The molecule has 1 aliphatic heterocycles. The molecule has 0 spiro atoms. The lowest BCUT2D eigenvalue weighted by Crippen LogP contribution is -2.22. The molecule has 0 radical (unpaired) electrons. The lowest BCUT2D eigenvalue weighted by Gasteiger charge is -2.17. The van der Waals surface area contributed by atoms with E-state index >= 15 is 0 Å². The monoisotopic (exact) mass is 299 g/mol. The highest BCUT2D eigenvalue weighted by molar-refractivity contribution is 6.64. The largest absolute Gasteiger partial charge is 0.304 e. The first-order chi connectivity index (χ1) is 10.1. The maximum atomic E-state index is 12.4. The fourth-order valence-corrected chi connectivity index (χ4v) is 2.66. The number of benzene rings is 2. The summed E-state index contributed by atoms with van der Waals surface area (Å²) in [6.07, 6.45) is 0. The summed E-state index contributed by atoms with van der Waals surface area (Å²) >= 11 is 5.51. The van der Waals surface area contributed by atoms with Gasteiger partial charge in [-0.3, -0.25) is 9.59 Å². The van der Waals surface area contributed by atoms with Gasteiger partial charge in [-0.15, -0.1) is 0 Å². The van der Waals surface area contributed by atoms with E-state index in [1.807, 2.05) is 48.5 Å². The third-order valence-electron chi connectivity index (χ3n) is 3.87. The van der Waals surface area contributed by atoms with Gasteiger partial charge in [-0.05, 0) is 40.9 Å². The van der Waals surface area contributed by atoms with Gasteiger partial charge in [0.2, 0.25) is 5.24 Å². The molecular weight excluding hydrogens is 286 g/mol. The van der Waals surface area contributed by atoms with E-state index in [4.69, 9.17) is 11.6 Å². The first-order valence-corrected chi connectivity index (χ1v) is 7.15. The van der Waals surface area contributed by atoms with Crippen molar-refractivity contribution < 1.29 is 9.59 Å². The molecule has 106 valence electrons. The highest BCUT2D eigenvalue weighted by Crippen LogP contribution is 2.29. The van der Waals surface area contributed by atoms with Crippen molar-refractivity contribution >= 4 is 28.4 Å². The number of halogens is 1. The summed E-state index contributed by atoms with van der Waals surface area (Å²) in [6, 6.07) is 15.0. The van der Waals surface area contributed by atoms with Gasteiger partial charge < -0.3 is 4.90 Å². The van der Waals surface area contributed by atoms with Gasteiger partial charge in [0, 0.05) is 11.3 Å². The number of carbonyl (C=O) groups excluding carboxylic acids is 2. The second kappa shape index (κ2) is 5.34. The molecule has 21 heavy (non-hydrogen) atoms. The number of hydrogen-bond acceptors (Lipinski definition) is 2. The van der Waals surface area contributed by atoms with Crippen molar-refractivity contribution in [2.24, 2.45) is 0 Å². The minimum atomic E-state index is -0.382. The molecule has 0 aliphatic carbocycles. The Hall–Kier alpha value is -2.13. The van der Waals surface area contributed by atoms with Gasteiger partial charge in [-0.2, -0.15) is 0 Å². The zero-order valence-electron chi connectivity index (χ0n) is 11.5. The molecule has 2 aromatic carbocycles. The summed E-state index contributed by atoms with van der Waals surface area (Å²) in [6.45, 7) is 2.35. The second-order valence-corrected chi connectivity index (χ2v) is 5.54. The van der Waals surface area contributed by atoms with E-state index in [1.165, 1.54) is 0 Å². The first kappa shape index (κ1) is 13.8. The predicted octanol–water partition coefficient (Wildman–Crippen LogP) is 3.72. The number of hydrogen-bond donors (Lipinski definition) is 0. The molecule has 0 saturated heterocycles. The van der Waals surface area contributed by atoms with Gasteiger partial charge in [-0.1, -0.05) is 37.3 Å². The summed E-state index contributed by atoms with van der Waals surface area (Å²) in [5.74, 6) is -0.327. The topological polar surface area (TPSA) is 37.4 Å². The number of anilines is 1. The SMILES string of the molecule is C[C@@H](C(=O)Cl)c1ccc(N2Cc3ccccc3C2=O)cc1. The molecule has 0 unspecified atom stereocenters. The predicted molar refractivity (Wildman–Crippen MR) is 82.7 cm³/mol. The van der Waals surface area contributed by atoms with Gasteiger partial charge in [0.15, 0.2) is 0 Å². The van der Waals surface area contributed by atoms with E-state index in [0.29, 0.717) is 6.54 Å². The standard InChI is InChI=1S/C17H14ClNO2/c1-11(16(18)20)12-6-8-14(9-7-12)19-10-13-4-2-3-5-15(13)17(19)21/h2-9,11H,10H2,1H3/t11-/m1/s1. The normalized spacial score (nSPS) is 15.0. The number of fused-ring (bicyclic) bond motifs is 1. The van der Waals surface area contributed by atoms with Crippen LogP contribution in [-0.4, -0.2) is 11.1 Å². The second-order valence-electron chi connectivity index (χ2n) is 5.17. The van der Waals surface area contributed by atoms with E-state index < -0.39 is 0 Å². The Morgan fingerprint density at radius 2 is 1.81 bits per heavy atom. The maximum Gasteiger partial charge on any atom is 0.258 e. The van der Waals surface area contributed by atoms with Crippen LogP contribution in [0.3, 0.4) is 0 Å². The van der Waals surface area contributed by atoms with Crippen molar-refractivity contribution in [2.75, 3.05) is 4.90 Å². The number of carbonyl (C=O) groups is 2. The van der Waals surface area contributed by atoms with Gasteiger partial charge in [0.25, 0.3) is 5.91 Å². The summed E-state index contributed by atoms with van der Waals surface area (Å²) < 4.78 is 0. The Morgan fingerprint density at radius 1 is 1.14 bits per heavy atom. The van der Waals surface area contributed by atoms with Gasteiger partial charge in [0.05, 0.1) is 12.5 Å². The molecule has 3 nitrogen and oxygen atoms in total. The Bertz CT molecular complexity index is 709. The number of rotatable bonds is 3. The van der Waals surface area contributed by atoms with Crippen molar-refractivity contribution in [3.8, 4) is 0 Å². The van der Waals surface area contributed by atoms with E-state index in [2.05, 4.69) is 0 Å². The molecule has 0 N–H and O–H groups in total. The van der Waals surface area contributed by atoms with Crippen LogP contribution in [0.1, 0.15) is 34.3 Å². The molecule has 2 aromatic rings. The minimum Gasteiger partial charge on any atom is -0.304 e. The van der Waals surface area contributed by atoms with Crippen molar-refractivity contribution in [2.45, 2.75) is 19.4 Å². The maximum absolute atomic E-state index is 12.4. The molecule has 0 saturated carbocycles. The highest BCUT2D eigenvalue weighted by atomic mass is 35.5. The summed E-state index contributed by atoms with van der Waals surface area (Å²) in [7, 11) is 0. The summed E-state index contributed by atoms with van der Waals surface area (Å²) in [4.78, 5) is 25.3. The Morgan fingerprint density at radius 3 is 2.43 bits per heavy atom. The Kier molecular flexibility index (Phi) is 3.52. The smallest absolute Gasteiger partial charge is 0.258 e. The molecule has 1 heterocycles. The third-order valence-corrected chi connectivity index (χ3v) is 4.19. The lowest BCUT2D eigenvalue weighted by atomic mass is 10.0. The summed E-state index contributed by atoms with van der Waals surface area (Å²) in [5, 5.41) is -0.382. The zero-order valence-corrected chi connectivity index (χ0v) is 12.3. The molecule has 1 atom stereocenters. The quantitative estimate of drug-likeness (QED) is 0.810. The van der Waals surface area contributed by atoms with E-state index in [0.717, 1.165) is 22.4 Å². The van der Waals surface area contributed by atoms with Gasteiger partial charge in [0.1, 0.15) is 0 Å². The van der Waals surface area contributed by atoms with Crippen molar-refractivity contribution in [3.05, 3.63) is 65.2 Å². The fourth-order valence-electron chi connectivity index (χ4n) is 2.54. The number of amides is 1. The molecule has 0 bridgehead atoms. The van der Waals surface area contributed by atoms with Crippen molar-refractivity contribution in [3.63, 3.8) is 0 Å². The Labute approximate surface area is 128 Å². The van der Waals surface area contributed by atoms with E-state index in [1.54, 1.807) is 11.8 Å². The number of nitrogens with zero attached hydrogens (tertiary/aromatic N) is 1. The minimum absolute atomic E-state index is 0.0137. The van der Waals surface area contributed by atoms with Crippen LogP contribution in [0, 0.1) is 0 Å². The van der Waals surface area contributed by atoms with E-state index in [9.17, 15) is 9.59 Å². The molecule has 1 amide bonds.